The number of thiazole rings is 1. The average molecular weight is 397 g/mol. The topological polar surface area (TPSA) is 67.9 Å². The molecule has 3 aromatic rings. The molecule has 0 aliphatic carbocycles. The lowest BCUT2D eigenvalue weighted by atomic mass is 10.3. The van der Waals surface area contributed by atoms with Crippen LogP contribution in [0.25, 0.3) is 27.1 Å². The molecule has 1 aromatic carbocycles. The minimum Gasteiger partial charge on any atom is -0.454 e. The normalized spacial score (nSPS) is 19.3. The second-order valence-corrected chi connectivity index (χ2v) is 8.14. The van der Waals surface area contributed by atoms with E-state index in [1.165, 1.54) is 11.8 Å². The van der Waals surface area contributed by atoms with Crippen molar-refractivity contribution >= 4 is 50.5 Å². The number of aromatic nitrogens is 1. The molecule has 0 radical (unpaired) electrons. The zero-order chi connectivity index (χ0) is 18.2. The highest BCUT2D eigenvalue weighted by Gasteiger charge is 2.27. The first-order chi connectivity index (χ1) is 13.3. The molecule has 2 aromatic heterocycles. The summed E-state index contributed by atoms with van der Waals surface area (Å²) >= 11 is 2.98. The third kappa shape index (κ3) is 3.31. The molecule has 1 saturated heterocycles. The van der Waals surface area contributed by atoms with E-state index in [0.29, 0.717) is 29.6 Å². The minimum absolute atomic E-state index is 0.223. The third-order valence-electron chi connectivity index (χ3n) is 4.30. The first-order valence-electron chi connectivity index (χ1n) is 8.57. The Hall–Kier alpha value is -2.42. The van der Waals surface area contributed by atoms with Crippen LogP contribution >= 0.6 is 23.1 Å². The lowest BCUT2D eigenvalue weighted by Gasteiger charge is -2.27. The molecule has 4 heterocycles. The molecule has 2 aliphatic rings. The highest BCUT2D eigenvalue weighted by atomic mass is 32.2. The number of nitrogens with zero attached hydrogens (tertiary/aromatic N) is 3. The Balaban J connectivity index is 1.36. The van der Waals surface area contributed by atoms with Gasteiger partial charge in [0.2, 0.25) is 0 Å². The number of thioether (sulfide) groups is 1. The van der Waals surface area contributed by atoms with Gasteiger partial charge in [0.05, 0.1) is 28.3 Å². The molecule has 0 unspecified atom stereocenters. The molecule has 0 atom stereocenters. The van der Waals surface area contributed by atoms with Crippen molar-refractivity contribution in [2.75, 3.05) is 26.3 Å². The van der Waals surface area contributed by atoms with Gasteiger partial charge in [0, 0.05) is 19.2 Å². The number of amides is 1. The van der Waals surface area contributed by atoms with Gasteiger partial charge in [-0.05, 0) is 36.0 Å². The number of carbonyl (C=O) groups is 1. The largest absolute Gasteiger partial charge is 0.454 e. The summed E-state index contributed by atoms with van der Waals surface area (Å²) in [5.41, 5.74) is 0.957. The number of hydrogen-bond donors (Lipinski definition) is 0. The van der Waals surface area contributed by atoms with E-state index >= 15 is 0 Å². The van der Waals surface area contributed by atoms with E-state index in [2.05, 4.69) is 14.9 Å². The van der Waals surface area contributed by atoms with E-state index in [9.17, 15) is 4.79 Å². The number of furan rings is 1. The molecule has 0 spiro atoms. The Morgan fingerprint density at radius 2 is 1.96 bits per heavy atom. The van der Waals surface area contributed by atoms with Crippen molar-refractivity contribution in [3.05, 3.63) is 47.1 Å². The summed E-state index contributed by atoms with van der Waals surface area (Å²) in [5.74, 6) is 1.10. The van der Waals surface area contributed by atoms with E-state index in [0.717, 1.165) is 33.5 Å². The maximum Gasteiger partial charge on any atom is 0.286 e. The maximum atomic E-state index is 12.2. The van der Waals surface area contributed by atoms with Crippen molar-refractivity contribution in [2.45, 2.75) is 0 Å². The van der Waals surface area contributed by atoms with E-state index < -0.39 is 0 Å². The Morgan fingerprint density at radius 3 is 2.81 bits per heavy atom. The van der Waals surface area contributed by atoms with Crippen LogP contribution in [0.15, 0.2) is 50.7 Å². The zero-order valence-electron chi connectivity index (χ0n) is 14.3. The molecular formula is C19H15N3O3S2. The van der Waals surface area contributed by atoms with Gasteiger partial charge in [-0.3, -0.25) is 4.79 Å². The fourth-order valence-corrected chi connectivity index (χ4v) is 4.81. The summed E-state index contributed by atoms with van der Waals surface area (Å²) < 4.78 is 12.4. The van der Waals surface area contributed by atoms with E-state index in [4.69, 9.17) is 9.15 Å². The van der Waals surface area contributed by atoms with Crippen molar-refractivity contribution in [3.63, 3.8) is 0 Å². The number of fused-ring (bicyclic) bond motifs is 1. The fourth-order valence-electron chi connectivity index (χ4n) is 2.94. The van der Waals surface area contributed by atoms with Crippen molar-refractivity contribution in [1.82, 2.24) is 9.88 Å². The first kappa shape index (κ1) is 16.7. The van der Waals surface area contributed by atoms with Crippen molar-refractivity contribution < 1.29 is 13.9 Å². The van der Waals surface area contributed by atoms with Gasteiger partial charge in [0.25, 0.3) is 5.91 Å². The molecule has 6 nitrogen and oxygen atoms in total. The van der Waals surface area contributed by atoms with Gasteiger partial charge in [-0.2, -0.15) is 4.99 Å². The van der Waals surface area contributed by atoms with E-state index in [-0.39, 0.29) is 5.91 Å². The summed E-state index contributed by atoms with van der Waals surface area (Å²) in [6.45, 7) is 2.84. The summed E-state index contributed by atoms with van der Waals surface area (Å²) in [6.07, 6.45) is 1.75. The third-order valence-corrected chi connectivity index (χ3v) is 6.39. The number of hydrogen-bond acceptors (Lipinski definition) is 7. The number of para-hydroxylation sites is 1. The summed E-state index contributed by atoms with van der Waals surface area (Å²) in [4.78, 5) is 23.7. The summed E-state index contributed by atoms with van der Waals surface area (Å²) in [6, 6.07) is 11.7. The van der Waals surface area contributed by atoms with Gasteiger partial charge in [-0.15, -0.1) is 11.3 Å². The van der Waals surface area contributed by atoms with Gasteiger partial charge < -0.3 is 14.1 Å². The molecule has 5 rings (SSSR count). The molecule has 136 valence electrons. The van der Waals surface area contributed by atoms with Crippen LogP contribution < -0.4 is 0 Å². The van der Waals surface area contributed by atoms with Crippen LogP contribution in [0.4, 0.5) is 0 Å². The van der Waals surface area contributed by atoms with Crippen molar-refractivity contribution in [1.29, 1.82) is 0 Å². The van der Waals surface area contributed by atoms with Gasteiger partial charge in [-0.25, -0.2) is 4.98 Å². The van der Waals surface area contributed by atoms with Crippen molar-refractivity contribution in [2.24, 2.45) is 4.99 Å². The Morgan fingerprint density at radius 1 is 1.11 bits per heavy atom. The maximum absolute atomic E-state index is 12.2. The van der Waals surface area contributed by atoms with Crippen LogP contribution in [0.3, 0.4) is 0 Å². The number of ether oxygens (including phenoxy) is 1. The smallest absolute Gasteiger partial charge is 0.286 e. The van der Waals surface area contributed by atoms with Crippen LogP contribution in [0, 0.1) is 0 Å². The lowest BCUT2D eigenvalue weighted by molar-refractivity contribution is -0.113. The van der Waals surface area contributed by atoms with E-state index in [1.54, 1.807) is 17.4 Å². The number of rotatable bonds is 2. The van der Waals surface area contributed by atoms with Gasteiger partial charge in [0.1, 0.15) is 5.76 Å². The quantitative estimate of drug-likeness (QED) is 0.612. The second kappa shape index (κ2) is 6.95. The standard InChI is InChI=1S/C19H15N3O3S2/c23-17-16(27-19(21-17)22-7-9-24-10-8-22)11-12-5-6-14(25-12)18-20-13-3-1-2-4-15(13)26-18/h1-6,11H,7-10H2/b16-11+. The Labute approximate surface area is 163 Å². The lowest BCUT2D eigenvalue weighted by Crippen LogP contribution is -2.38. The van der Waals surface area contributed by atoms with Crippen molar-refractivity contribution in [3.8, 4) is 10.8 Å². The van der Waals surface area contributed by atoms with Crippen LogP contribution in [0.5, 0.6) is 0 Å². The number of morpholine rings is 1. The Bertz CT molecular complexity index is 1040. The molecular weight excluding hydrogens is 382 g/mol. The van der Waals surface area contributed by atoms with Crippen LogP contribution in [0.2, 0.25) is 0 Å². The SMILES string of the molecule is O=C1N=C(N2CCOCC2)S/C1=C/c1ccc(-c2nc3ccccc3s2)o1. The first-order valence-corrected chi connectivity index (χ1v) is 10.2. The fraction of sp³-hybridized carbons (Fsp3) is 0.211. The number of benzene rings is 1. The second-order valence-electron chi connectivity index (χ2n) is 6.10. The van der Waals surface area contributed by atoms with Gasteiger partial charge in [0.15, 0.2) is 15.9 Å². The predicted molar refractivity (Wildman–Crippen MR) is 108 cm³/mol. The molecule has 0 bridgehead atoms. The van der Waals surface area contributed by atoms with Gasteiger partial charge in [-0.1, -0.05) is 12.1 Å². The van der Waals surface area contributed by atoms with Crippen LogP contribution in [0.1, 0.15) is 5.76 Å². The number of amidine groups is 1. The highest BCUT2D eigenvalue weighted by molar-refractivity contribution is 8.18. The Kier molecular flexibility index (Phi) is 4.31. The molecule has 0 saturated carbocycles. The summed E-state index contributed by atoms with van der Waals surface area (Å²) in [7, 11) is 0. The molecule has 2 aliphatic heterocycles. The predicted octanol–water partition coefficient (Wildman–Crippen LogP) is 3.86. The number of carbonyl (C=O) groups excluding carboxylic acids is 1. The van der Waals surface area contributed by atoms with Gasteiger partial charge >= 0.3 is 0 Å². The molecule has 8 heteroatoms. The molecule has 27 heavy (non-hydrogen) atoms. The van der Waals surface area contributed by atoms with E-state index in [1.807, 2.05) is 36.4 Å². The monoisotopic (exact) mass is 397 g/mol. The summed E-state index contributed by atoms with van der Waals surface area (Å²) in [5, 5.41) is 1.57. The zero-order valence-corrected chi connectivity index (χ0v) is 15.9. The van der Waals surface area contributed by atoms with Crippen LogP contribution in [-0.4, -0.2) is 47.3 Å². The minimum atomic E-state index is -0.223. The van der Waals surface area contributed by atoms with Crippen LogP contribution in [-0.2, 0) is 9.53 Å². The molecule has 1 fully saturated rings. The molecule has 0 N–H and O–H groups in total. The number of aliphatic imine (C=N–C) groups is 1. The highest BCUT2D eigenvalue weighted by Crippen LogP contribution is 2.34. The molecule has 1 amide bonds. The average Bonchev–Trinajstić information content (AvgIpc) is 3.41.